The lowest BCUT2D eigenvalue weighted by Gasteiger charge is -2.10. The number of benzene rings is 4. The van der Waals surface area contributed by atoms with Crippen LogP contribution in [-0.4, -0.2) is 36.4 Å². The fraction of sp³-hybridized carbons (Fsp3) is 0.211. The Labute approximate surface area is 248 Å². The lowest BCUT2D eigenvalue weighted by atomic mass is 10.0. The van der Waals surface area contributed by atoms with Crippen LogP contribution < -0.4 is 0 Å². The van der Waals surface area contributed by atoms with E-state index in [-0.39, 0.29) is 0 Å². The number of aryl methyl sites for hydroxylation is 2. The topological polar surface area (TPSA) is 44.2 Å². The van der Waals surface area contributed by atoms with E-state index >= 15 is 0 Å². The van der Waals surface area contributed by atoms with Gasteiger partial charge in [-0.15, -0.1) is 0 Å². The van der Waals surface area contributed by atoms with Gasteiger partial charge in [0.25, 0.3) is 0 Å². The molecular weight excluding hydrogens is 516 g/mol. The van der Waals surface area contributed by atoms with E-state index < -0.39 is 0 Å². The quantitative estimate of drug-likeness (QED) is 0.151. The highest BCUT2D eigenvalue weighted by Gasteiger charge is 2.07. The van der Waals surface area contributed by atoms with Crippen LogP contribution in [0.1, 0.15) is 22.3 Å². The number of nitrogens with zero attached hydrogens (tertiary/aromatic N) is 2. The van der Waals surface area contributed by atoms with Crippen molar-refractivity contribution in [1.29, 1.82) is 0 Å². The number of para-hydroxylation sites is 2. The van der Waals surface area contributed by atoms with E-state index in [2.05, 4.69) is 98.8 Å². The predicted octanol–water partition coefficient (Wildman–Crippen LogP) is 8.55. The van der Waals surface area contributed by atoms with Gasteiger partial charge in [0.15, 0.2) is 0 Å². The summed E-state index contributed by atoms with van der Waals surface area (Å²) in [5.74, 6) is 0. The lowest BCUT2D eigenvalue weighted by Crippen LogP contribution is -2.09. The lowest BCUT2D eigenvalue weighted by molar-refractivity contribution is 0.0501. The average Bonchev–Trinajstić information content (AvgIpc) is 3.01. The molecule has 4 aromatic carbocycles. The van der Waals surface area contributed by atoms with Crippen molar-refractivity contribution in [2.75, 3.05) is 26.4 Å². The Morgan fingerprint density at radius 3 is 1.40 bits per heavy atom. The number of hydrogen-bond donors (Lipinski definition) is 0. The van der Waals surface area contributed by atoms with Crippen molar-refractivity contribution >= 4 is 21.8 Å². The Kier molecular flexibility index (Phi) is 8.64. The number of pyridine rings is 2. The van der Waals surface area contributed by atoms with E-state index in [0.717, 1.165) is 57.2 Å². The fourth-order valence-corrected chi connectivity index (χ4v) is 5.46. The summed E-state index contributed by atoms with van der Waals surface area (Å²) < 4.78 is 11.8. The van der Waals surface area contributed by atoms with Crippen LogP contribution in [0, 0.1) is 13.8 Å². The molecule has 0 N–H and O–H groups in total. The molecule has 0 aliphatic rings. The number of aromatic nitrogens is 2. The highest BCUT2D eigenvalue weighted by atomic mass is 16.5. The van der Waals surface area contributed by atoms with Crippen molar-refractivity contribution < 1.29 is 9.47 Å². The van der Waals surface area contributed by atoms with Crippen LogP contribution in [0.5, 0.6) is 0 Å². The second kappa shape index (κ2) is 13.1. The standard InChI is InChI=1S/C38H36N2O2/c1-27-21-29(25-33(23-27)37-13-11-31-7-3-5-9-35(31)39-37)15-17-41-19-20-42-18-16-30-22-28(2)24-34(26-30)38-14-12-32-8-4-6-10-36(32)40-38/h3-14,21-26H,15-20H2,1-2H3. The zero-order valence-corrected chi connectivity index (χ0v) is 24.3. The third kappa shape index (κ3) is 6.91. The molecular formula is C38H36N2O2. The van der Waals surface area contributed by atoms with Gasteiger partial charge in [0.05, 0.1) is 48.8 Å². The van der Waals surface area contributed by atoms with Crippen LogP contribution in [-0.2, 0) is 22.3 Å². The predicted molar refractivity (Wildman–Crippen MR) is 173 cm³/mol. The summed E-state index contributed by atoms with van der Waals surface area (Å²) in [4.78, 5) is 9.75. The molecule has 0 aliphatic carbocycles. The van der Waals surface area contributed by atoms with Crippen molar-refractivity contribution in [2.24, 2.45) is 0 Å². The van der Waals surface area contributed by atoms with Crippen LogP contribution in [0.4, 0.5) is 0 Å². The van der Waals surface area contributed by atoms with Gasteiger partial charge in [0.2, 0.25) is 0 Å². The summed E-state index contributed by atoms with van der Waals surface area (Å²) in [5, 5.41) is 2.32. The Bertz CT molecular complexity index is 1690. The minimum atomic E-state index is 0.588. The highest BCUT2D eigenvalue weighted by Crippen LogP contribution is 2.25. The van der Waals surface area contributed by atoms with Gasteiger partial charge in [0, 0.05) is 21.9 Å². The summed E-state index contributed by atoms with van der Waals surface area (Å²) in [6.45, 7) is 6.78. The van der Waals surface area contributed by atoms with Gasteiger partial charge in [-0.2, -0.15) is 0 Å². The molecule has 0 saturated carbocycles. The van der Waals surface area contributed by atoms with Gasteiger partial charge in [-0.25, -0.2) is 9.97 Å². The van der Waals surface area contributed by atoms with Crippen molar-refractivity contribution in [3.63, 3.8) is 0 Å². The van der Waals surface area contributed by atoms with Crippen molar-refractivity contribution in [2.45, 2.75) is 26.7 Å². The first-order valence-corrected chi connectivity index (χ1v) is 14.7. The van der Waals surface area contributed by atoms with Gasteiger partial charge < -0.3 is 9.47 Å². The molecule has 2 aromatic heterocycles. The molecule has 0 fully saturated rings. The van der Waals surface area contributed by atoms with Crippen LogP contribution >= 0.6 is 0 Å². The molecule has 42 heavy (non-hydrogen) atoms. The molecule has 0 atom stereocenters. The first-order chi connectivity index (χ1) is 20.6. The van der Waals surface area contributed by atoms with Gasteiger partial charge in [-0.05, 0) is 86.3 Å². The summed E-state index contributed by atoms with van der Waals surface area (Å²) in [7, 11) is 0. The molecule has 210 valence electrons. The average molecular weight is 553 g/mol. The minimum absolute atomic E-state index is 0.588. The third-order valence-electron chi connectivity index (χ3n) is 7.50. The Hall–Kier alpha value is -4.38. The Morgan fingerprint density at radius 1 is 0.476 bits per heavy atom. The smallest absolute Gasteiger partial charge is 0.0709 e. The second-order valence-electron chi connectivity index (χ2n) is 10.9. The zero-order valence-electron chi connectivity index (χ0n) is 24.3. The first-order valence-electron chi connectivity index (χ1n) is 14.7. The number of ether oxygens (including phenoxy) is 2. The number of rotatable bonds is 11. The van der Waals surface area contributed by atoms with E-state index in [4.69, 9.17) is 19.4 Å². The molecule has 0 bridgehead atoms. The van der Waals surface area contributed by atoms with Gasteiger partial charge >= 0.3 is 0 Å². The third-order valence-corrected chi connectivity index (χ3v) is 7.50. The SMILES string of the molecule is Cc1cc(CCOCCOCCc2cc(C)cc(-c3ccc4ccccc4n3)c2)cc(-c2ccc3ccccc3n2)c1. The monoisotopic (exact) mass is 552 g/mol. The number of fused-ring (bicyclic) bond motifs is 2. The maximum absolute atomic E-state index is 5.92. The molecule has 0 saturated heterocycles. The highest BCUT2D eigenvalue weighted by molar-refractivity contribution is 5.82. The van der Waals surface area contributed by atoms with Crippen molar-refractivity contribution in [3.8, 4) is 22.5 Å². The maximum atomic E-state index is 5.92. The summed E-state index contributed by atoms with van der Waals surface area (Å²) in [5.41, 5.74) is 11.3. The van der Waals surface area contributed by atoms with E-state index in [1.54, 1.807) is 0 Å². The van der Waals surface area contributed by atoms with Gasteiger partial charge in [-0.3, -0.25) is 0 Å². The van der Waals surface area contributed by atoms with Crippen molar-refractivity contribution in [3.05, 3.63) is 131 Å². The first kappa shape index (κ1) is 27.8. The Balaban J connectivity index is 0.960. The van der Waals surface area contributed by atoms with E-state index in [1.165, 1.54) is 22.3 Å². The molecule has 2 heterocycles. The summed E-state index contributed by atoms with van der Waals surface area (Å²) in [6, 6.07) is 38.3. The zero-order chi connectivity index (χ0) is 28.7. The largest absolute Gasteiger partial charge is 0.379 e. The molecule has 0 radical (unpaired) electrons. The molecule has 6 rings (SSSR count). The summed E-state index contributed by atoms with van der Waals surface area (Å²) in [6.07, 6.45) is 1.72. The fourth-order valence-electron chi connectivity index (χ4n) is 5.46. The van der Waals surface area contributed by atoms with Gasteiger partial charge in [-0.1, -0.05) is 71.8 Å². The Morgan fingerprint density at radius 2 is 0.929 bits per heavy atom. The molecule has 0 spiro atoms. The molecule has 4 nitrogen and oxygen atoms in total. The molecule has 0 unspecified atom stereocenters. The van der Waals surface area contributed by atoms with E-state index in [0.29, 0.717) is 26.4 Å². The van der Waals surface area contributed by atoms with Crippen LogP contribution in [0.2, 0.25) is 0 Å². The van der Waals surface area contributed by atoms with E-state index in [9.17, 15) is 0 Å². The maximum Gasteiger partial charge on any atom is 0.0709 e. The van der Waals surface area contributed by atoms with Gasteiger partial charge in [0.1, 0.15) is 0 Å². The molecule has 0 amide bonds. The minimum Gasteiger partial charge on any atom is -0.379 e. The molecule has 0 aliphatic heterocycles. The normalized spacial score (nSPS) is 11.4. The molecule has 4 heteroatoms. The molecule has 6 aromatic rings. The van der Waals surface area contributed by atoms with Crippen LogP contribution in [0.15, 0.2) is 109 Å². The summed E-state index contributed by atoms with van der Waals surface area (Å²) >= 11 is 0. The number of hydrogen-bond acceptors (Lipinski definition) is 4. The van der Waals surface area contributed by atoms with E-state index in [1.807, 2.05) is 24.3 Å². The van der Waals surface area contributed by atoms with Crippen LogP contribution in [0.3, 0.4) is 0 Å². The van der Waals surface area contributed by atoms with Crippen molar-refractivity contribution in [1.82, 2.24) is 9.97 Å². The van der Waals surface area contributed by atoms with Crippen LogP contribution in [0.25, 0.3) is 44.3 Å². The second-order valence-corrected chi connectivity index (χ2v) is 10.9.